The van der Waals surface area contributed by atoms with Crippen LogP contribution < -0.4 is 4.90 Å². The Morgan fingerprint density at radius 1 is 1.04 bits per heavy atom. The van der Waals surface area contributed by atoms with Crippen LogP contribution in [0.5, 0.6) is 0 Å². The third-order valence-corrected chi connectivity index (χ3v) is 9.51. The number of anilines is 1. The molecule has 2 aliphatic heterocycles. The van der Waals surface area contributed by atoms with E-state index in [0.29, 0.717) is 6.04 Å². The van der Waals surface area contributed by atoms with Crippen LogP contribution in [0.25, 0.3) is 10.2 Å². The molecule has 140 valence electrons. The highest BCUT2D eigenvalue weighted by molar-refractivity contribution is 7.19. The molecule has 0 amide bonds. The van der Waals surface area contributed by atoms with Crippen LogP contribution in [0.15, 0.2) is 36.5 Å². The van der Waals surface area contributed by atoms with Crippen LogP contribution in [-0.4, -0.2) is 4.98 Å². The first-order chi connectivity index (χ1) is 12.6. The maximum Gasteiger partial charge on any atom is 0.0866 e. The summed E-state index contributed by atoms with van der Waals surface area (Å²) in [5, 5.41) is 0. The average molecular weight is 377 g/mol. The second-order valence-electron chi connectivity index (χ2n) is 9.53. The molecule has 4 heterocycles. The van der Waals surface area contributed by atoms with E-state index in [1.165, 1.54) is 37.5 Å². The van der Waals surface area contributed by atoms with Gasteiger partial charge in [-0.2, -0.15) is 0 Å². The van der Waals surface area contributed by atoms with Crippen molar-refractivity contribution >= 4 is 27.2 Å². The van der Waals surface area contributed by atoms with E-state index in [1.807, 2.05) is 17.5 Å². The van der Waals surface area contributed by atoms with Crippen molar-refractivity contribution in [2.45, 2.75) is 65.5 Å². The normalized spacial score (nSPS) is 27.4. The van der Waals surface area contributed by atoms with Crippen LogP contribution in [0.4, 0.5) is 5.69 Å². The monoisotopic (exact) mass is 376 g/mol. The lowest BCUT2D eigenvalue weighted by Crippen LogP contribution is -2.61. The minimum absolute atomic E-state index is 0.0567. The molecule has 0 spiro atoms. The Bertz CT molecular complexity index is 1090. The van der Waals surface area contributed by atoms with E-state index >= 15 is 0 Å². The standard InChI is InChI=1S/C24H28N2S/c1-14-10-8-11-16-20(14)26-15(2)18-19-17(12-9-13-25-19)27-21(18)24(26,7)23(5,6)22(16,3)4/h8-13,15H,1-7H3. The number of nitrogens with zero attached hydrogens (tertiary/aromatic N) is 2. The largest absolute Gasteiger partial charge is 0.353 e. The zero-order valence-corrected chi connectivity index (χ0v) is 18.2. The van der Waals surface area contributed by atoms with Gasteiger partial charge in [0.1, 0.15) is 0 Å². The highest BCUT2D eigenvalue weighted by Gasteiger charge is 2.64. The number of benzene rings is 1. The molecule has 1 aromatic carbocycles. The molecule has 0 radical (unpaired) electrons. The van der Waals surface area contributed by atoms with Gasteiger partial charge in [-0.3, -0.25) is 4.98 Å². The van der Waals surface area contributed by atoms with Crippen molar-refractivity contribution in [3.05, 3.63) is 58.1 Å². The number of pyridine rings is 1. The molecule has 0 fully saturated rings. The molecule has 2 atom stereocenters. The molecule has 5 rings (SSSR count). The fourth-order valence-electron chi connectivity index (χ4n) is 5.75. The van der Waals surface area contributed by atoms with Crippen molar-refractivity contribution in [1.82, 2.24) is 4.98 Å². The Labute approximate surface area is 166 Å². The molecule has 0 saturated carbocycles. The maximum absolute atomic E-state index is 4.80. The highest BCUT2D eigenvalue weighted by atomic mass is 32.1. The van der Waals surface area contributed by atoms with Crippen LogP contribution in [0.1, 0.15) is 69.2 Å². The molecule has 0 saturated heterocycles. The van der Waals surface area contributed by atoms with Crippen LogP contribution in [-0.2, 0) is 11.0 Å². The van der Waals surface area contributed by atoms with Crippen molar-refractivity contribution in [3.63, 3.8) is 0 Å². The lowest BCUT2D eigenvalue weighted by atomic mass is 9.52. The third kappa shape index (κ3) is 1.71. The summed E-state index contributed by atoms with van der Waals surface area (Å²) in [5.74, 6) is 0. The van der Waals surface area contributed by atoms with Crippen LogP contribution in [0.3, 0.4) is 0 Å². The van der Waals surface area contributed by atoms with E-state index in [2.05, 4.69) is 83.7 Å². The number of rotatable bonds is 0. The molecule has 0 aliphatic carbocycles. The minimum atomic E-state index is -0.0598. The Kier molecular flexibility index (Phi) is 3.15. The van der Waals surface area contributed by atoms with Crippen LogP contribution >= 0.6 is 11.3 Å². The number of aromatic nitrogens is 1. The van der Waals surface area contributed by atoms with Crippen molar-refractivity contribution in [2.24, 2.45) is 5.41 Å². The molecule has 2 unspecified atom stereocenters. The van der Waals surface area contributed by atoms with E-state index in [1.54, 1.807) is 0 Å². The number of thiophene rings is 1. The van der Waals surface area contributed by atoms with E-state index in [-0.39, 0.29) is 16.4 Å². The Morgan fingerprint density at radius 3 is 2.52 bits per heavy atom. The summed E-state index contributed by atoms with van der Waals surface area (Å²) in [6, 6.07) is 11.5. The topological polar surface area (TPSA) is 16.1 Å². The summed E-state index contributed by atoms with van der Waals surface area (Å²) in [6.07, 6.45) is 1.94. The summed E-state index contributed by atoms with van der Waals surface area (Å²) < 4.78 is 1.32. The molecular formula is C24H28N2S. The van der Waals surface area contributed by atoms with Gasteiger partial charge in [0.15, 0.2) is 0 Å². The maximum atomic E-state index is 4.80. The molecule has 2 nitrogen and oxygen atoms in total. The Morgan fingerprint density at radius 2 is 1.78 bits per heavy atom. The van der Waals surface area contributed by atoms with Gasteiger partial charge in [0.05, 0.1) is 21.8 Å². The van der Waals surface area contributed by atoms with Crippen molar-refractivity contribution < 1.29 is 0 Å². The highest BCUT2D eigenvalue weighted by Crippen LogP contribution is 2.69. The lowest BCUT2D eigenvalue weighted by molar-refractivity contribution is 0.0672. The zero-order chi connectivity index (χ0) is 19.4. The van der Waals surface area contributed by atoms with Crippen LogP contribution in [0, 0.1) is 12.3 Å². The van der Waals surface area contributed by atoms with Gasteiger partial charge < -0.3 is 4.90 Å². The Hall–Kier alpha value is -1.87. The van der Waals surface area contributed by atoms with Gasteiger partial charge in [-0.05, 0) is 49.4 Å². The average Bonchev–Trinajstić information content (AvgIpc) is 3.10. The first-order valence-corrected chi connectivity index (χ1v) is 10.7. The minimum Gasteiger partial charge on any atom is -0.353 e. The van der Waals surface area contributed by atoms with Crippen LogP contribution in [0.2, 0.25) is 0 Å². The zero-order valence-electron chi connectivity index (χ0n) is 17.3. The smallest absolute Gasteiger partial charge is 0.0866 e. The van der Waals surface area contributed by atoms with Gasteiger partial charge in [0, 0.05) is 27.7 Å². The molecule has 2 aromatic heterocycles. The lowest BCUT2D eigenvalue weighted by Gasteiger charge is -2.62. The first-order valence-electron chi connectivity index (χ1n) is 9.91. The SMILES string of the molecule is Cc1cccc2c1N1C(C)c3c(sc4cccnc34)C1(C)C(C)(C)C2(C)C. The number of aryl methyl sites for hydroxylation is 1. The molecule has 3 heteroatoms. The third-order valence-electron chi connectivity index (χ3n) is 8.14. The molecule has 0 N–H and O–H groups in total. The van der Waals surface area contributed by atoms with Crippen molar-refractivity contribution in [1.29, 1.82) is 0 Å². The summed E-state index contributed by atoms with van der Waals surface area (Å²) in [4.78, 5) is 9.03. The van der Waals surface area contributed by atoms with Gasteiger partial charge in [-0.1, -0.05) is 45.9 Å². The van der Waals surface area contributed by atoms with Gasteiger partial charge >= 0.3 is 0 Å². The van der Waals surface area contributed by atoms with E-state index in [9.17, 15) is 0 Å². The molecule has 3 aromatic rings. The van der Waals surface area contributed by atoms with Gasteiger partial charge in [-0.25, -0.2) is 0 Å². The van der Waals surface area contributed by atoms with Gasteiger partial charge in [0.25, 0.3) is 0 Å². The molecule has 2 aliphatic rings. The second-order valence-corrected chi connectivity index (χ2v) is 10.6. The predicted molar refractivity (Wildman–Crippen MR) is 116 cm³/mol. The fourth-order valence-corrected chi connectivity index (χ4v) is 7.31. The van der Waals surface area contributed by atoms with E-state index < -0.39 is 0 Å². The first kappa shape index (κ1) is 17.2. The van der Waals surface area contributed by atoms with Gasteiger partial charge in [0.2, 0.25) is 0 Å². The van der Waals surface area contributed by atoms with Crippen molar-refractivity contribution in [2.75, 3.05) is 4.90 Å². The Balaban J connectivity index is 1.94. The molecular weight excluding hydrogens is 348 g/mol. The fraction of sp³-hybridized carbons (Fsp3) is 0.458. The molecule has 27 heavy (non-hydrogen) atoms. The number of fused-ring (bicyclic) bond motifs is 7. The van der Waals surface area contributed by atoms with Crippen molar-refractivity contribution in [3.8, 4) is 0 Å². The number of para-hydroxylation sites is 1. The molecule has 0 bridgehead atoms. The summed E-state index contributed by atoms with van der Waals surface area (Å²) >= 11 is 1.95. The quantitative estimate of drug-likeness (QED) is 0.433. The number of hydrogen-bond acceptors (Lipinski definition) is 3. The summed E-state index contributed by atoms with van der Waals surface area (Å²) in [7, 11) is 0. The number of hydrogen-bond donors (Lipinski definition) is 0. The summed E-state index contributed by atoms with van der Waals surface area (Å²) in [5.41, 5.74) is 6.99. The predicted octanol–water partition coefficient (Wildman–Crippen LogP) is 6.72. The van der Waals surface area contributed by atoms with Gasteiger partial charge in [-0.15, -0.1) is 11.3 Å². The summed E-state index contributed by atoms with van der Waals surface area (Å²) in [6.45, 7) is 16.9. The van der Waals surface area contributed by atoms with E-state index in [4.69, 9.17) is 4.98 Å². The second kappa shape index (κ2) is 4.94. The van der Waals surface area contributed by atoms with E-state index in [0.717, 1.165) is 0 Å².